The van der Waals surface area contributed by atoms with Gasteiger partial charge in [0.2, 0.25) is 0 Å². The molecule has 5 N–H and O–H groups in total. The molecule has 6 heteroatoms. The molecule has 0 radical (unpaired) electrons. The van der Waals surface area contributed by atoms with Crippen LogP contribution in [-0.4, -0.2) is 33.9 Å². The number of rotatable bonds is 5. The Hall–Kier alpha value is -2.08. The Kier molecular flexibility index (Phi) is 4.01. The topological polar surface area (TPSA) is 104 Å². The van der Waals surface area contributed by atoms with E-state index in [9.17, 15) is 9.90 Å². The molecule has 0 spiro atoms. The largest absolute Gasteiger partial charge is 0.399 e. The van der Waals surface area contributed by atoms with E-state index in [2.05, 4.69) is 15.5 Å². The molecule has 0 fully saturated rings. The van der Waals surface area contributed by atoms with Crippen LogP contribution in [0, 0.1) is 0 Å². The molecule has 2 rings (SSSR count). The van der Waals surface area contributed by atoms with E-state index in [1.54, 1.807) is 18.2 Å². The average molecular weight is 262 g/mol. The first-order valence-electron chi connectivity index (χ1n) is 6.31. The summed E-state index contributed by atoms with van der Waals surface area (Å²) in [7, 11) is 0. The zero-order valence-corrected chi connectivity index (χ0v) is 10.8. The maximum atomic E-state index is 12.0. The van der Waals surface area contributed by atoms with Crippen LogP contribution in [0.1, 0.15) is 30.3 Å². The number of nitrogen functional groups attached to an aromatic ring is 1. The van der Waals surface area contributed by atoms with Gasteiger partial charge in [0.15, 0.2) is 5.69 Å². The van der Waals surface area contributed by atoms with Crippen LogP contribution in [-0.2, 0) is 0 Å². The molecule has 0 bridgehead atoms. The van der Waals surface area contributed by atoms with Gasteiger partial charge in [0.05, 0.1) is 11.6 Å². The van der Waals surface area contributed by atoms with E-state index < -0.39 is 6.10 Å². The molecule has 0 aliphatic rings. The van der Waals surface area contributed by atoms with Gasteiger partial charge in [-0.05, 0) is 24.6 Å². The van der Waals surface area contributed by atoms with E-state index in [4.69, 9.17) is 5.73 Å². The fraction of sp³-hybridized carbons (Fsp3) is 0.385. The number of nitrogens with zero attached hydrogens (tertiary/aromatic N) is 1. The van der Waals surface area contributed by atoms with Gasteiger partial charge in [-0.15, -0.1) is 0 Å². The second kappa shape index (κ2) is 5.71. The van der Waals surface area contributed by atoms with Crippen molar-refractivity contribution in [2.75, 3.05) is 12.3 Å². The molecule has 1 aromatic carbocycles. The molecule has 1 heterocycles. The van der Waals surface area contributed by atoms with Crippen LogP contribution in [0.5, 0.6) is 0 Å². The molecule has 0 aliphatic carbocycles. The van der Waals surface area contributed by atoms with Crippen LogP contribution in [0.2, 0.25) is 0 Å². The Morgan fingerprint density at radius 1 is 1.58 bits per heavy atom. The number of amides is 1. The van der Waals surface area contributed by atoms with Crippen molar-refractivity contribution in [3.8, 4) is 0 Å². The van der Waals surface area contributed by atoms with E-state index in [1.165, 1.54) is 0 Å². The summed E-state index contributed by atoms with van der Waals surface area (Å²) >= 11 is 0. The minimum absolute atomic E-state index is 0.226. The fourth-order valence-corrected chi connectivity index (χ4v) is 1.93. The number of hydrogen-bond donors (Lipinski definition) is 4. The molecular formula is C13H18N4O2. The van der Waals surface area contributed by atoms with Crippen LogP contribution in [0.4, 0.5) is 5.69 Å². The summed E-state index contributed by atoms with van der Waals surface area (Å²) in [4.78, 5) is 12.0. The third kappa shape index (κ3) is 3.03. The van der Waals surface area contributed by atoms with E-state index in [1.807, 2.05) is 6.92 Å². The van der Waals surface area contributed by atoms with Crippen molar-refractivity contribution in [1.29, 1.82) is 0 Å². The standard InChI is InChI=1S/C13H18N4O2/c1-2-3-9(18)7-15-13(19)12-10-6-8(14)4-5-11(10)16-17-12/h4-6,9,18H,2-3,7,14H2,1H3,(H,15,19)(H,16,17). The molecular weight excluding hydrogens is 244 g/mol. The summed E-state index contributed by atoms with van der Waals surface area (Å²) in [5.41, 5.74) is 7.33. The fourth-order valence-electron chi connectivity index (χ4n) is 1.93. The second-order valence-corrected chi connectivity index (χ2v) is 4.53. The summed E-state index contributed by atoms with van der Waals surface area (Å²) < 4.78 is 0. The van der Waals surface area contributed by atoms with Crippen LogP contribution < -0.4 is 11.1 Å². The van der Waals surface area contributed by atoms with Crippen LogP contribution in [0.3, 0.4) is 0 Å². The number of fused-ring (bicyclic) bond motifs is 1. The molecule has 6 nitrogen and oxygen atoms in total. The van der Waals surface area contributed by atoms with Gasteiger partial charge >= 0.3 is 0 Å². The zero-order valence-electron chi connectivity index (χ0n) is 10.8. The van der Waals surface area contributed by atoms with Gasteiger partial charge in [-0.1, -0.05) is 13.3 Å². The number of hydrogen-bond acceptors (Lipinski definition) is 4. The third-order valence-corrected chi connectivity index (χ3v) is 2.92. The number of anilines is 1. The molecule has 1 amide bonds. The van der Waals surface area contributed by atoms with Gasteiger partial charge < -0.3 is 16.2 Å². The van der Waals surface area contributed by atoms with Crippen LogP contribution >= 0.6 is 0 Å². The van der Waals surface area contributed by atoms with Gasteiger partial charge in [-0.25, -0.2) is 0 Å². The van der Waals surface area contributed by atoms with Gasteiger partial charge in [-0.2, -0.15) is 5.10 Å². The molecule has 0 saturated carbocycles. The monoisotopic (exact) mass is 262 g/mol. The number of benzene rings is 1. The first kappa shape index (κ1) is 13.4. The Morgan fingerprint density at radius 2 is 2.37 bits per heavy atom. The Labute approximate surface area is 111 Å². The van der Waals surface area contributed by atoms with Crippen molar-refractivity contribution < 1.29 is 9.90 Å². The Morgan fingerprint density at radius 3 is 3.11 bits per heavy atom. The summed E-state index contributed by atoms with van der Waals surface area (Å²) in [6.45, 7) is 2.21. The van der Waals surface area contributed by atoms with Gasteiger partial charge in [0.25, 0.3) is 5.91 Å². The van der Waals surface area contributed by atoms with Crippen molar-refractivity contribution in [2.24, 2.45) is 0 Å². The number of nitrogens with two attached hydrogens (primary N) is 1. The van der Waals surface area contributed by atoms with Gasteiger partial charge in [0.1, 0.15) is 0 Å². The number of aliphatic hydroxyl groups is 1. The molecule has 1 aromatic heterocycles. The minimum Gasteiger partial charge on any atom is -0.399 e. The van der Waals surface area contributed by atoms with Crippen molar-refractivity contribution in [2.45, 2.75) is 25.9 Å². The van der Waals surface area contributed by atoms with E-state index in [-0.39, 0.29) is 12.5 Å². The lowest BCUT2D eigenvalue weighted by molar-refractivity contribution is 0.0907. The number of carbonyl (C=O) groups is 1. The van der Waals surface area contributed by atoms with Crippen molar-refractivity contribution in [1.82, 2.24) is 15.5 Å². The summed E-state index contributed by atoms with van der Waals surface area (Å²) in [5.74, 6) is -0.313. The quantitative estimate of drug-likeness (QED) is 0.604. The SMILES string of the molecule is CCCC(O)CNC(=O)c1n[nH]c2ccc(N)cc12. The second-order valence-electron chi connectivity index (χ2n) is 4.53. The first-order chi connectivity index (χ1) is 9.11. The molecule has 1 atom stereocenters. The number of nitrogens with one attached hydrogen (secondary N) is 2. The highest BCUT2D eigenvalue weighted by molar-refractivity contribution is 6.05. The van der Waals surface area contributed by atoms with Crippen molar-refractivity contribution in [3.05, 3.63) is 23.9 Å². The lowest BCUT2D eigenvalue weighted by Gasteiger charge is -2.09. The van der Waals surface area contributed by atoms with E-state index in [0.717, 1.165) is 11.9 Å². The maximum Gasteiger partial charge on any atom is 0.272 e. The Balaban J connectivity index is 2.11. The average Bonchev–Trinajstić information content (AvgIpc) is 2.79. The number of aliphatic hydroxyl groups excluding tert-OH is 1. The highest BCUT2D eigenvalue weighted by Crippen LogP contribution is 2.18. The molecule has 2 aromatic rings. The third-order valence-electron chi connectivity index (χ3n) is 2.92. The summed E-state index contributed by atoms with van der Waals surface area (Å²) in [6.07, 6.45) is 1.01. The molecule has 0 saturated heterocycles. The van der Waals surface area contributed by atoms with Crippen LogP contribution in [0.15, 0.2) is 18.2 Å². The molecule has 102 valence electrons. The highest BCUT2D eigenvalue weighted by Gasteiger charge is 2.15. The van der Waals surface area contributed by atoms with E-state index in [0.29, 0.717) is 23.2 Å². The van der Waals surface area contributed by atoms with Gasteiger partial charge in [-0.3, -0.25) is 9.89 Å². The van der Waals surface area contributed by atoms with Gasteiger partial charge in [0, 0.05) is 17.6 Å². The highest BCUT2D eigenvalue weighted by atomic mass is 16.3. The lowest BCUT2D eigenvalue weighted by atomic mass is 10.1. The Bertz CT molecular complexity index is 579. The number of aromatic nitrogens is 2. The number of carbonyl (C=O) groups excluding carboxylic acids is 1. The predicted molar refractivity (Wildman–Crippen MR) is 73.8 cm³/mol. The minimum atomic E-state index is -0.524. The van der Waals surface area contributed by atoms with E-state index >= 15 is 0 Å². The molecule has 1 unspecified atom stereocenters. The number of aromatic amines is 1. The summed E-state index contributed by atoms with van der Waals surface area (Å²) in [5, 5.41) is 19.7. The first-order valence-corrected chi connectivity index (χ1v) is 6.31. The van der Waals surface area contributed by atoms with Crippen LogP contribution in [0.25, 0.3) is 10.9 Å². The normalized spacial score (nSPS) is 12.5. The molecule has 0 aliphatic heterocycles. The smallest absolute Gasteiger partial charge is 0.272 e. The number of H-pyrrole nitrogens is 1. The maximum absolute atomic E-state index is 12.0. The zero-order chi connectivity index (χ0) is 13.8. The van der Waals surface area contributed by atoms with Crippen molar-refractivity contribution in [3.63, 3.8) is 0 Å². The lowest BCUT2D eigenvalue weighted by Crippen LogP contribution is -2.32. The summed E-state index contributed by atoms with van der Waals surface area (Å²) in [6, 6.07) is 5.23. The molecule has 19 heavy (non-hydrogen) atoms. The predicted octanol–water partition coefficient (Wildman–Crippen LogP) is 1.04. The van der Waals surface area contributed by atoms with Crippen molar-refractivity contribution >= 4 is 22.5 Å².